The largest absolute Gasteiger partial charge is 0.382 e. The minimum absolute atomic E-state index is 0.0588. The highest BCUT2D eigenvalue weighted by Crippen LogP contribution is 2.21. The summed E-state index contributed by atoms with van der Waals surface area (Å²) in [6.07, 6.45) is 1.18. The van der Waals surface area contributed by atoms with Crippen LogP contribution in [0.3, 0.4) is 0 Å². The standard InChI is InChI=1S/C14H20N2O3S/c1-16(2)14(17)12-5-3-4-6-13(12)15-11-7-9-20(18,19)10-8-11/h3-6,11,15H,7-10H2,1-2H3. The van der Waals surface area contributed by atoms with E-state index in [1.54, 1.807) is 20.2 Å². The van der Waals surface area contributed by atoms with Crippen molar-refractivity contribution in [3.63, 3.8) is 0 Å². The van der Waals surface area contributed by atoms with Crippen molar-refractivity contribution in [3.05, 3.63) is 29.8 Å². The average Bonchev–Trinajstić information content (AvgIpc) is 2.41. The summed E-state index contributed by atoms with van der Waals surface area (Å²) in [5.74, 6) is 0.375. The summed E-state index contributed by atoms with van der Waals surface area (Å²) in [5, 5.41) is 3.31. The topological polar surface area (TPSA) is 66.5 Å². The fourth-order valence-corrected chi connectivity index (χ4v) is 3.78. The lowest BCUT2D eigenvalue weighted by Gasteiger charge is -2.25. The molecule has 1 aromatic carbocycles. The van der Waals surface area contributed by atoms with Crippen molar-refractivity contribution in [2.24, 2.45) is 0 Å². The maximum atomic E-state index is 12.1. The fraction of sp³-hybridized carbons (Fsp3) is 0.500. The lowest BCUT2D eigenvalue weighted by atomic mass is 10.1. The molecule has 0 unspecified atom stereocenters. The zero-order valence-corrected chi connectivity index (χ0v) is 12.6. The maximum Gasteiger partial charge on any atom is 0.255 e. The number of anilines is 1. The second-order valence-electron chi connectivity index (χ2n) is 5.32. The number of nitrogens with zero attached hydrogens (tertiary/aromatic N) is 1. The van der Waals surface area contributed by atoms with Crippen LogP contribution in [0.5, 0.6) is 0 Å². The number of hydrogen-bond donors (Lipinski definition) is 1. The van der Waals surface area contributed by atoms with Gasteiger partial charge in [0.1, 0.15) is 9.84 Å². The molecule has 5 nitrogen and oxygen atoms in total. The van der Waals surface area contributed by atoms with Crippen LogP contribution in [0.25, 0.3) is 0 Å². The van der Waals surface area contributed by atoms with Gasteiger partial charge in [-0.2, -0.15) is 0 Å². The van der Waals surface area contributed by atoms with Gasteiger partial charge in [-0.15, -0.1) is 0 Å². The van der Waals surface area contributed by atoms with E-state index in [4.69, 9.17) is 0 Å². The van der Waals surface area contributed by atoms with Crippen LogP contribution in [0.4, 0.5) is 5.69 Å². The monoisotopic (exact) mass is 296 g/mol. The molecule has 0 atom stereocenters. The van der Waals surface area contributed by atoms with E-state index in [-0.39, 0.29) is 23.5 Å². The summed E-state index contributed by atoms with van der Waals surface area (Å²) < 4.78 is 22.8. The van der Waals surface area contributed by atoms with Gasteiger partial charge in [0.05, 0.1) is 17.1 Å². The number of hydrogen-bond acceptors (Lipinski definition) is 4. The SMILES string of the molecule is CN(C)C(=O)c1ccccc1NC1CCS(=O)(=O)CC1. The summed E-state index contributed by atoms with van der Waals surface area (Å²) in [6, 6.07) is 7.45. The van der Waals surface area contributed by atoms with Crippen LogP contribution < -0.4 is 5.32 Å². The molecule has 20 heavy (non-hydrogen) atoms. The van der Waals surface area contributed by atoms with Crippen LogP contribution in [0.2, 0.25) is 0 Å². The van der Waals surface area contributed by atoms with Crippen molar-refractivity contribution in [2.45, 2.75) is 18.9 Å². The first-order valence-electron chi connectivity index (χ1n) is 6.67. The molecule has 1 aliphatic heterocycles. The maximum absolute atomic E-state index is 12.1. The second kappa shape index (κ2) is 5.83. The van der Waals surface area contributed by atoms with E-state index in [0.717, 1.165) is 5.69 Å². The minimum Gasteiger partial charge on any atom is -0.382 e. The average molecular weight is 296 g/mol. The molecule has 1 amide bonds. The first-order chi connectivity index (χ1) is 9.39. The van der Waals surface area contributed by atoms with Crippen LogP contribution >= 0.6 is 0 Å². The normalized spacial score (nSPS) is 18.5. The van der Waals surface area contributed by atoms with E-state index >= 15 is 0 Å². The highest BCUT2D eigenvalue weighted by Gasteiger charge is 2.24. The Morgan fingerprint density at radius 1 is 1.20 bits per heavy atom. The van der Waals surface area contributed by atoms with E-state index in [9.17, 15) is 13.2 Å². The number of benzene rings is 1. The molecule has 1 fully saturated rings. The molecule has 0 radical (unpaired) electrons. The summed E-state index contributed by atoms with van der Waals surface area (Å²) in [5.41, 5.74) is 1.39. The van der Waals surface area contributed by atoms with Gasteiger partial charge in [-0.05, 0) is 25.0 Å². The molecule has 0 spiro atoms. The van der Waals surface area contributed by atoms with Gasteiger partial charge in [0.2, 0.25) is 0 Å². The molecule has 110 valence electrons. The lowest BCUT2D eigenvalue weighted by molar-refractivity contribution is 0.0828. The number of carbonyl (C=O) groups is 1. The number of rotatable bonds is 3. The summed E-state index contributed by atoms with van der Waals surface area (Å²) in [4.78, 5) is 13.6. The van der Waals surface area contributed by atoms with Crippen molar-refractivity contribution in [2.75, 3.05) is 30.9 Å². The molecule has 1 aliphatic rings. The molecule has 1 aromatic rings. The zero-order chi connectivity index (χ0) is 14.8. The van der Waals surface area contributed by atoms with Crippen LogP contribution in [-0.4, -0.2) is 50.9 Å². The van der Waals surface area contributed by atoms with Gasteiger partial charge in [-0.25, -0.2) is 8.42 Å². The predicted molar refractivity (Wildman–Crippen MR) is 79.8 cm³/mol. The quantitative estimate of drug-likeness (QED) is 0.915. The smallest absolute Gasteiger partial charge is 0.255 e. The van der Waals surface area contributed by atoms with Crippen molar-refractivity contribution in [3.8, 4) is 0 Å². The number of sulfone groups is 1. The highest BCUT2D eigenvalue weighted by molar-refractivity contribution is 7.91. The Bertz CT molecular complexity index is 582. The number of amides is 1. The van der Waals surface area contributed by atoms with Crippen LogP contribution in [0.15, 0.2) is 24.3 Å². The van der Waals surface area contributed by atoms with Crippen molar-refractivity contribution in [1.29, 1.82) is 0 Å². The number of carbonyl (C=O) groups excluding carboxylic acids is 1. The van der Waals surface area contributed by atoms with Crippen molar-refractivity contribution < 1.29 is 13.2 Å². The minimum atomic E-state index is -2.86. The van der Waals surface area contributed by atoms with E-state index in [1.807, 2.05) is 18.2 Å². The molecule has 1 saturated heterocycles. The first-order valence-corrected chi connectivity index (χ1v) is 8.49. The van der Waals surface area contributed by atoms with Gasteiger partial charge in [0, 0.05) is 25.8 Å². The predicted octanol–water partition coefficient (Wildman–Crippen LogP) is 1.38. The molecular formula is C14H20N2O3S. The van der Waals surface area contributed by atoms with E-state index in [1.165, 1.54) is 4.90 Å². The van der Waals surface area contributed by atoms with Gasteiger partial charge in [-0.1, -0.05) is 12.1 Å². The Morgan fingerprint density at radius 3 is 2.40 bits per heavy atom. The first kappa shape index (κ1) is 14.8. The summed E-state index contributed by atoms with van der Waals surface area (Å²) in [7, 11) is 0.566. The molecule has 6 heteroatoms. The third kappa shape index (κ3) is 3.50. The van der Waals surface area contributed by atoms with E-state index in [0.29, 0.717) is 18.4 Å². The number of para-hydroxylation sites is 1. The molecule has 1 heterocycles. The van der Waals surface area contributed by atoms with Crippen LogP contribution in [0.1, 0.15) is 23.2 Å². The Balaban J connectivity index is 2.12. The molecular weight excluding hydrogens is 276 g/mol. The molecule has 1 N–H and O–H groups in total. The third-order valence-electron chi connectivity index (χ3n) is 3.48. The van der Waals surface area contributed by atoms with Gasteiger partial charge in [0.25, 0.3) is 5.91 Å². The van der Waals surface area contributed by atoms with Crippen molar-refractivity contribution >= 4 is 21.4 Å². The van der Waals surface area contributed by atoms with E-state index < -0.39 is 9.84 Å². The highest BCUT2D eigenvalue weighted by atomic mass is 32.2. The molecule has 0 aliphatic carbocycles. The van der Waals surface area contributed by atoms with Crippen molar-refractivity contribution in [1.82, 2.24) is 4.90 Å². The van der Waals surface area contributed by atoms with Gasteiger partial charge < -0.3 is 10.2 Å². The lowest BCUT2D eigenvalue weighted by Crippen LogP contribution is -2.33. The van der Waals surface area contributed by atoms with E-state index in [2.05, 4.69) is 5.32 Å². The summed E-state index contributed by atoms with van der Waals surface area (Å²) in [6.45, 7) is 0. The number of nitrogens with one attached hydrogen (secondary N) is 1. The fourth-order valence-electron chi connectivity index (χ4n) is 2.29. The Labute approximate surface area is 119 Å². The van der Waals surface area contributed by atoms with Crippen LogP contribution in [-0.2, 0) is 9.84 Å². The van der Waals surface area contributed by atoms with Crippen LogP contribution in [0, 0.1) is 0 Å². The van der Waals surface area contributed by atoms with Gasteiger partial charge in [0.15, 0.2) is 0 Å². The third-order valence-corrected chi connectivity index (χ3v) is 5.19. The Morgan fingerprint density at radius 2 is 1.80 bits per heavy atom. The Hall–Kier alpha value is -1.56. The Kier molecular flexibility index (Phi) is 4.32. The molecule has 0 saturated carbocycles. The molecule has 0 aromatic heterocycles. The molecule has 2 rings (SSSR count). The second-order valence-corrected chi connectivity index (χ2v) is 7.62. The molecule has 0 bridgehead atoms. The zero-order valence-electron chi connectivity index (χ0n) is 11.8. The van der Waals surface area contributed by atoms with Gasteiger partial charge in [-0.3, -0.25) is 4.79 Å². The van der Waals surface area contributed by atoms with Gasteiger partial charge >= 0.3 is 0 Å². The summed E-state index contributed by atoms with van der Waals surface area (Å²) >= 11 is 0.